The lowest BCUT2D eigenvalue weighted by Gasteiger charge is -2.45. The number of hydrogen-bond donors (Lipinski definition) is 1. The van der Waals surface area contributed by atoms with Gasteiger partial charge in [-0.15, -0.1) is 0 Å². The third-order valence-corrected chi connectivity index (χ3v) is 4.52. The van der Waals surface area contributed by atoms with Crippen molar-refractivity contribution in [3.63, 3.8) is 0 Å². The van der Waals surface area contributed by atoms with E-state index in [4.69, 9.17) is 4.74 Å². The van der Waals surface area contributed by atoms with Gasteiger partial charge in [-0.2, -0.15) is 0 Å². The smallest absolute Gasteiger partial charge is 0.119 e. The fourth-order valence-corrected chi connectivity index (χ4v) is 3.30. The highest BCUT2D eigenvalue weighted by Gasteiger charge is 2.33. The van der Waals surface area contributed by atoms with Crippen molar-refractivity contribution in [1.29, 1.82) is 0 Å². The van der Waals surface area contributed by atoms with Crippen LogP contribution in [0.2, 0.25) is 0 Å². The molecule has 3 aliphatic heterocycles. The van der Waals surface area contributed by atoms with Crippen LogP contribution in [0.3, 0.4) is 0 Å². The van der Waals surface area contributed by atoms with E-state index in [1.165, 1.54) is 38.0 Å². The van der Waals surface area contributed by atoms with Crippen molar-refractivity contribution in [2.24, 2.45) is 5.92 Å². The maximum atomic E-state index is 5.50. The quantitative estimate of drug-likeness (QED) is 0.805. The van der Waals surface area contributed by atoms with Crippen LogP contribution in [-0.4, -0.2) is 37.2 Å². The standard InChI is InChI=1S/C17H24N2O/c1-2-11-20-16-5-3-14(4-6-16)12-18-17-13-19-9-7-15(17)8-10-19/h2-6,15,17-18H,1,7-13H2. The van der Waals surface area contributed by atoms with Gasteiger partial charge in [0.1, 0.15) is 12.4 Å². The average Bonchev–Trinajstić information content (AvgIpc) is 2.53. The number of rotatable bonds is 6. The molecule has 0 spiro atoms. The van der Waals surface area contributed by atoms with Gasteiger partial charge in [0.15, 0.2) is 0 Å². The predicted octanol–water partition coefficient (Wildman–Crippen LogP) is 2.44. The molecular formula is C17H24N2O. The minimum absolute atomic E-state index is 0.567. The first-order valence-electron chi connectivity index (χ1n) is 7.63. The molecule has 0 amide bonds. The first-order valence-corrected chi connectivity index (χ1v) is 7.63. The topological polar surface area (TPSA) is 24.5 Å². The minimum atomic E-state index is 0.567. The van der Waals surface area contributed by atoms with Gasteiger partial charge in [0, 0.05) is 19.1 Å². The lowest BCUT2D eigenvalue weighted by Crippen LogP contribution is -2.55. The molecule has 1 N–H and O–H groups in total. The third kappa shape index (κ3) is 3.22. The molecule has 0 saturated carbocycles. The molecule has 0 aliphatic carbocycles. The molecule has 20 heavy (non-hydrogen) atoms. The Kier molecular flexibility index (Phi) is 4.38. The first-order chi connectivity index (χ1) is 9.85. The van der Waals surface area contributed by atoms with Crippen LogP contribution in [0.5, 0.6) is 5.75 Å². The Morgan fingerprint density at radius 3 is 2.60 bits per heavy atom. The van der Waals surface area contributed by atoms with Crippen molar-refractivity contribution < 1.29 is 4.74 Å². The van der Waals surface area contributed by atoms with Crippen LogP contribution in [0.15, 0.2) is 36.9 Å². The number of piperidine rings is 3. The van der Waals surface area contributed by atoms with Gasteiger partial charge in [-0.05, 0) is 49.5 Å². The van der Waals surface area contributed by atoms with E-state index >= 15 is 0 Å². The summed E-state index contributed by atoms with van der Waals surface area (Å²) in [5.74, 6) is 1.80. The number of hydrogen-bond acceptors (Lipinski definition) is 3. The van der Waals surface area contributed by atoms with Crippen LogP contribution in [0, 0.1) is 5.92 Å². The van der Waals surface area contributed by atoms with Crippen molar-refractivity contribution in [2.45, 2.75) is 25.4 Å². The number of nitrogens with zero attached hydrogens (tertiary/aromatic N) is 1. The van der Waals surface area contributed by atoms with E-state index in [1.807, 2.05) is 12.1 Å². The number of benzene rings is 1. The Labute approximate surface area is 121 Å². The molecule has 3 saturated heterocycles. The van der Waals surface area contributed by atoms with E-state index in [-0.39, 0.29) is 0 Å². The summed E-state index contributed by atoms with van der Waals surface area (Å²) in [6.45, 7) is 9.01. The van der Waals surface area contributed by atoms with Gasteiger partial charge in [0.2, 0.25) is 0 Å². The van der Waals surface area contributed by atoms with Crippen molar-refractivity contribution >= 4 is 0 Å². The molecule has 2 bridgehead atoms. The van der Waals surface area contributed by atoms with Crippen molar-refractivity contribution in [1.82, 2.24) is 10.2 Å². The highest BCUT2D eigenvalue weighted by atomic mass is 16.5. The second kappa shape index (κ2) is 6.42. The summed E-state index contributed by atoms with van der Waals surface area (Å²) in [7, 11) is 0. The van der Waals surface area contributed by atoms with Crippen LogP contribution in [-0.2, 0) is 6.54 Å². The summed E-state index contributed by atoms with van der Waals surface area (Å²) in [4.78, 5) is 2.59. The van der Waals surface area contributed by atoms with E-state index in [2.05, 4.69) is 28.9 Å². The molecule has 1 aromatic carbocycles. The Bertz CT molecular complexity index is 435. The Morgan fingerprint density at radius 1 is 1.25 bits per heavy atom. The van der Waals surface area contributed by atoms with Gasteiger partial charge < -0.3 is 15.0 Å². The van der Waals surface area contributed by atoms with Crippen LogP contribution < -0.4 is 10.1 Å². The maximum absolute atomic E-state index is 5.50. The van der Waals surface area contributed by atoms with E-state index in [0.29, 0.717) is 12.6 Å². The maximum Gasteiger partial charge on any atom is 0.119 e. The molecule has 3 nitrogen and oxygen atoms in total. The van der Waals surface area contributed by atoms with Gasteiger partial charge in [0.05, 0.1) is 0 Å². The molecule has 3 heterocycles. The molecule has 3 heteroatoms. The predicted molar refractivity (Wildman–Crippen MR) is 81.9 cm³/mol. The fraction of sp³-hybridized carbons (Fsp3) is 0.529. The zero-order chi connectivity index (χ0) is 13.8. The normalized spacial score (nSPS) is 28.3. The summed E-state index contributed by atoms with van der Waals surface area (Å²) in [6.07, 6.45) is 4.50. The molecule has 4 rings (SSSR count). The van der Waals surface area contributed by atoms with Gasteiger partial charge in [0.25, 0.3) is 0 Å². The summed E-state index contributed by atoms with van der Waals surface area (Å²) in [6, 6.07) is 9.04. The SMILES string of the molecule is C=CCOc1ccc(CNC2CN3CCC2CC3)cc1. The number of nitrogens with one attached hydrogen (secondary N) is 1. The highest BCUT2D eigenvalue weighted by molar-refractivity contribution is 5.27. The summed E-state index contributed by atoms with van der Waals surface area (Å²) < 4.78 is 5.50. The van der Waals surface area contributed by atoms with E-state index < -0.39 is 0 Å². The van der Waals surface area contributed by atoms with Crippen LogP contribution in [0.4, 0.5) is 0 Å². The highest BCUT2D eigenvalue weighted by Crippen LogP contribution is 2.27. The Hall–Kier alpha value is -1.32. The summed E-state index contributed by atoms with van der Waals surface area (Å²) >= 11 is 0. The lowest BCUT2D eigenvalue weighted by atomic mass is 9.84. The molecule has 1 aromatic rings. The second-order valence-corrected chi connectivity index (χ2v) is 5.87. The molecule has 108 valence electrons. The molecule has 3 fully saturated rings. The van der Waals surface area contributed by atoms with Crippen LogP contribution in [0.25, 0.3) is 0 Å². The van der Waals surface area contributed by atoms with Crippen molar-refractivity contribution in [3.05, 3.63) is 42.5 Å². The molecule has 3 aliphatic rings. The Balaban J connectivity index is 1.49. The fourth-order valence-electron chi connectivity index (χ4n) is 3.30. The molecular weight excluding hydrogens is 248 g/mol. The van der Waals surface area contributed by atoms with Gasteiger partial charge in [-0.25, -0.2) is 0 Å². The summed E-state index contributed by atoms with van der Waals surface area (Å²) in [5, 5.41) is 3.73. The number of fused-ring (bicyclic) bond motifs is 3. The monoisotopic (exact) mass is 272 g/mol. The second-order valence-electron chi connectivity index (χ2n) is 5.87. The average molecular weight is 272 g/mol. The molecule has 1 unspecified atom stereocenters. The molecule has 1 atom stereocenters. The largest absolute Gasteiger partial charge is 0.490 e. The van der Waals surface area contributed by atoms with Crippen molar-refractivity contribution in [2.75, 3.05) is 26.2 Å². The molecule has 0 aromatic heterocycles. The van der Waals surface area contributed by atoms with E-state index in [1.54, 1.807) is 6.08 Å². The van der Waals surface area contributed by atoms with Gasteiger partial charge in [-0.3, -0.25) is 0 Å². The van der Waals surface area contributed by atoms with Crippen LogP contribution >= 0.6 is 0 Å². The van der Waals surface area contributed by atoms with Crippen molar-refractivity contribution in [3.8, 4) is 5.75 Å². The zero-order valence-corrected chi connectivity index (χ0v) is 12.1. The van der Waals surface area contributed by atoms with Gasteiger partial charge in [-0.1, -0.05) is 24.8 Å². The van der Waals surface area contributed by atoms with E-state index in [9.17, 15) is 0 Å². The zero-order valence-electron chi connectivity index (χ0n) is 12.1. The third-order valence-electron chi connectivity index (χ3n) is 4.52. The summed E-state index contributed by atoms with van der Waals surface area (Å²) in [5.41, 5.74) is 1.33. The number of ether oxygens (including phenoxy) is 1. The Morgan fingerprint density at radius 2 is 2.00 bits per heavy atom. The van der Waals surface area contributed by atoms with Gasteiger partial charge >= 0.3 is 0 Å². The molecule has 0 radical (unpaired) electrons. The minimum Gasteiger partial charge on any atom is -0.490 e. The van der Waals surface area contributed by atoms with Crippen LogP contribution in [0.1, 0.15) is 18.4 Å². The van der Waals surface area contributed by atoms with E-state index in [0.717, 1.165) is 18.2 Å². The lowest BCUT2D eigenvalue weighted by molar-refractivity contribution is 0.0720. The first kappa shape index (κ1) is 13.7.